The fourth-order valence-electron chi connectivity index (χ4n) is 2.67. The molecule has 0 saturated carbocycles. The van der Waals surface area contributed by atoms with Crippen LogP contribution in [0.25, 0.3) is 11.0 Å². The van der Waals surface area contributed by atoms with Crippen LogP contribution in [0.4, 0.5) is 0 Å². The number of hydrogen-bond donors (Lipinski definition) is 1. The summed E-state index contributed by atoms with van der Waals surface area (Å²) in [4.78, 5) is 11.7. The molecule has 2 aromatic rings. The van der Waals surface area contributed by atoms with E-state index < -0.39 is 10.0 Å². The summed E-state index contributed by atoms with van der Waals surface area (Å²) in [6.07, 6.45) is 1.06. The van der Waals surface area contributed by atoms with Gasteiger partial charge in [-0.3, -0.25) is 4.79 Å². The smallest absolute Gasteiger partial charge is 0.243 e. The highest BCUT2D eigenvalue weighted by molar-refractivity contribution is 7.89. The summed E-state index contributed by atoms with van der Waals surface area (Å²) in [5, 5.41) is 10.9. The summed E-state index contributed by atoms with van der Waals surface area (Å²) in [5.41, 5.74) is 1.29. The number of aromatic nitrogens is 3. The second-order valence-corrected chi connectivity index (χ2v) is 7.55. The van der Waals surface area contributed by atoms with Crippen LogP contribution in [0.15, 0.2) is 23.1 Å². The minimum absolute atomic E-state index is 0.0134. The fourth-order valence-corrected chi connectivity index (χ4v) is 4.14. The van der Waals surface area contributed by atoms with Crippen LogP contribution in [-0.2, 0) is 21.4 Å². The summed E-state index contributed by atoms with van der Waals surface area (Å²) < 4.78 is 28.3. The molecule has 0 spiro atoms. The Morgan fingerprint density at radius 3 is 2.60 bits per heavy atom. The Morgan fingerprint density at radius 2 is 1.96 bits per heavy atom. The number of nitrogens with zero attached hydrogens (tertiary/aromatic N) is 4. The van der Waals surface area contributed by atoms with Gasteiger partial charge in [0.2, 0.25) is 15.9 Å². The van der Waals surface area contributed by atoms with Crippen LogP contribution in [0, 0.1) is 0 Å². The Morgan fingerprint density at radius 1 is 1.24 bits per heavy atom. The van der Waals surface area contributed by atoms with Crippen LogP contribution in [0.5, 0.6) is 0 Å². The van der Waals surface area contributed by atoms with E-state index in [4.69, 9.17) is 0 Å². The summed E-state index contributed by atoms with van der Waals surface area (Å²) in [5.74, 6) is 0.0134. The maximum Gasteiger partial charge on any atom is 0.243 e. The largest absolute Gasteiger partial charge is 0.356 e. The lowest BCUT2D eigenvalue weighted by Crippen LogP contribution is -2.30. The van der Waals surface area contributed by atoms with Crippen molar-refractivity contribution in [1.29, 1.82) is 0 Å². The van der Waals surface area contributed by atoms with Crippen LogP contribution in [-0.4, -0.2) is 53.3 Å². The van der Waals surface area contributed by atoms with Crippen molar-refractivity contribution in [2.45, 2.75) is 45.1 Å². The third-order valence-electron chi connectivity index (χ3n) is 3.98. The van der Waals surface area contributed by atoms with Crippen molar-refractivity contribution >= 4 is 27.0 Å². The van der Waals surface area contributed by atoms with Gasteiger partial charge in [-0.2, -0.15) is 4.31 Å². The van der Waals surface area contributed by atoms with Crippen LogP contribution < -0.4 is 5.32 Å². The quantitative estimate of drug-likeness (QED) is 0.722. The molecule has 0 bridgehead atoms. The number of amides is 1. The highest BCUT2D eigenvalue weighted by Gasteiger charge is 2.22. The number of carbonyl (C=O) groups excluding carboxylic acids is 1. The number of fused-ring (bicyclic) bond motifs is 1. The summed E-state index contributed by atoms with van der Waals surface area (Å²) in [6.45, 7) is 7.51. The number of carbonyl (C=O) groups is 1. The van der Waals surface area contributed by atoms with Gasteiger partial charge in [0.25, 0.3) is 0 Å². The lowest BCUT2D eigenvalue weighted by Gasteiger charge is -2.18. The molecule has 0 unspecified atom stereocenters. The molecule has 1 amide bonds. The molecule has 1 heterocycles. The summed E-state index contributed by atoms with van der Waals surface area (Å²) in [7, 11) is -3.51. The molecule has 8 nitrogen and oxygen atoms in total. The zero-order chi connectivity index (χ0) is 18.4. The third-order valence-corrected chi connectivity index (χ3v) is 6.02. The number of aryl methyl sites for hydroxylation is 1. The molecule has 0 fully saturated rings. The average molecular weight is 367 g/mol. The molecule has 9 heteroatoms. The van der Waals surface area contributed by atoms with E-state index >= 15 is 0 Å². The molecular formula is C16H25N5O3S. The van der Waals surface area contributed by atoms with E-state index in [0.717, 1.165) is 5.52 Å². The topological polar surface area (TPSA) is 97.2 Å². The molecule has 138 valence electrons. The molecule has 0 aliphatic carbocycles. The lowest BCUT2D eigenvalue weighted by atomic mass is 10.2. The molecule has 1 aromatic carbocycles. The maximum absolute atomic E-state index is 12.6. The molecule has 0 saturated heterocycles. The average Bonchev–Trinajstić information content (AvgIpc) is 2.98. The van der Waals surface area contributed by atoms with Crippen molar-refractivity contribution in [2.75, 3.05) is 19.6 Å². The minimum atomic E-state index is -3.51. The molecule has 1 N–H and O–H groups in total. The van der Waals surface area contributed by atoms with Gasteiger partial charge >= 0.3 is 0 Å². The molecule has 25 heavy (non-hydrogen) atoms. The van der Waals surface area contributed by atoms with E-state index in [0.29, 0.717) is 44.5 Å². The van der Waals surface area contributed by atoms with Gasteiger partial charge < -0.3 is 5.32 Å². The zero-order valence-corrected chi connectivity index (χ0v) is 15.7. The highest BCUT2D eigenvalue weighted by atomic mass is 32.2. The number of sulfonamides is 1. The predicted molar refractivity (Wildman–Crippen MR) is 95.6 cm³/mol. The van der Waals surface area contributed by atoms with Crippen LogP contribution in [0.2, 0.25) is 0 Å². The Balaban J connectivity index is 2.17. The Kier molecular flexibility index (Phi) is 6.49. The van der Waals surface area contributed by atoms with Gasteiger partial charge in [0, 0.05) is 32.6 Å². The molecule has 1 aromatic heterocycles. The standard InChI is InChI=1S/C16H25N5O3S/c1-4-17-16(22)8-7-11-21-15-10-9-13(12-14(15)18-19-21)25(23,24)20(5-2)6-3/h9-10,12H,4-8,11H2,1-3H3,(H,17,22). The van der Waals surface area contributed by atoms with Gasteiger partial charge in [-0.05, 0) is 31.5 Å². The molecule has 0 atom stereocenters. The molecule has 2 rings (SSSR count). The van der Waals surface area contributed by atoms with Gasteiger partial charge in [0.05, 0.1) is 10.4 Å². The van der Waals surface area contributed by atoms with Gasteiger partial charge in [-0.1, -0.05) is 19.1 Å². The molecule has 0 radical (unpaired) electrons. The van der Waals surface area contributed by atoms with Crippen LogP contribution in [0.3, 0.4) is 0 Å². The van der Waals surface area contributed by atoms with E-state index in [-0.39, 0.29) is 10.8 Å². The number of nitrogens with one attached hydrogen (secondary N) is 1. The van der Waals surface area contributed by atoms with Crippen molar-refractivity contribution in [2.24, 2.45) is 0 Å². The highest BCUT2D eigenvalue weighted by Crippen LogP contribution is 2.20. The number of hydrogen-bond acceptors (Lipinski definition) is 5. The van der Waals surface area contributed by atoms with E-state index in [2.05, 4.69) is 15.6 Å². The van der Waals surface area contributed by atoms with Crippen molar-refractivity contribution in [1.82, 2.24) is 24.6 Å². The Labute approximate surface area is 148 Å². The molecule has 0 aliphatic heterocycles. The first-order valence-electron chi connectivity index (χ1n) is 8.54. The van der Waals surface area contributed by atoms with E-state index in [1.54, 1.807) is 22.9 Å². The normalized spacial score (nSPS) is 12.0. The second-order valence-electron chi connectivity index (χ2n) is 5.61. The van der Waals surface area contributed by atoms with Gasteiger partial charge in [-0.15, -0.1) is 5.10 Å². The predicted octanol–water partition coefficient (Wildman–Crippen LogP) is 1.38. The van der Waals surface area contributed by atoms with Crippen molar-refractivity contribution in [3.05, 3.63) is 18.2 Å². The summed E-state index contributed by atoms with van der Waals surface area (Å²) in [6, 6.07) is 4.85. The van der Waals surface area contributed by atoms with Crippen LogP contribution in [0.1, 0.15) is 33.6 Å². The number of rotatable bonds is 9. The van der Waals surface area contributed by atoms with Crippen molar-refractivity contribution in [3.63, 3.8) is 0 Å². The summed E-state index contributed by atoms with van der Waals surface area (Å²) >= 11 is 0. The molecular weight excluding hydrogens is 342 g/mol. The SMILES string of the molecule is CCNC(=O)CCCn1nnc2cc(S(=O)(=O)N(CC)CC)ccc21. The second kappa shape index (κ2) is 8.39. The third kappa shape index (κ3) is 4.35. The monoisotopic (exact) mass is 367 g/mol. The number of benzene rings is 1. The minimum Gasteiger partial charge on any atom is -0.356 e. The van der Waals surface area contributed by atoms with E-state index in [1.807, 2.05) is 20.8 Å². The Hall–Kier alpha value is -2.00. The fraction of sp³-hybridized carbons (Fsp3) is 0.562. The van der Waals surface area contributed by atoms with Gasteiger partial charge in [0.15, 0.2) is 0 Å². The maximum atomic E-state index is 12.6. The first-order chi connectivity index (χ1) is 11.9. The van der Waals surface area contributed by atoms with Crippen molar-refractivity contribution in [3.8, 4) is 0 Å². The van der Waals surface area contributed by atoms with E-state index in [9.17, 15) is 13.2 Å². The lowest BCUT2D eigenvalue weighted by molar-refractivity contribution is -0.121. The van der Waals surface area contributed by atoms with E-state index in [1.165, 1.54) is 4.31 Å². The first-order valence-corrected chi connectivity index (χ1v) is 9.98. The van der Waals surface area contributed by atoms with Gasteiger partial charge in [0.1, 0.15) is 5.52 Å². The Bertz CT molecular complexity index is 827. The first kappa shape index (κ1) is 19.3. The van der Waals surface area contributed by atoms with Gasteiger partial charge in [-0.25, -0.2) is 13.1 Å². The zero-order valence-electron chi connectivity index (χ0n) is 14.9. The van der Waals surface area contributed by atoms with Crippen LogP contribution >= 0.6 is 0 Å². The van der Waals surface area contributed by atoms with Crippen molar-refractivity contribution < 1.29 is 13.2 Å². The molecule has 0 aliphatic rings.